The first-order valence-corrected chi connectivity index (χ1v) is 6.29. The van der Waals surface area contributed by atoms with Crippen LogP contribution in [-0.2, 0) is 0 Å². The molecule has 0 aliphatic heterocycles. The van der Waals surface area contributed by atoms with Crippen LogP contribution >= 0.6 is 0 Å². The number of phenolic OH excluding ortho intramolecular Hbond substituents is 1. The van der Waals surface area contributed by atoms with E-state index in [-0.39, 0.29) is 23.3 Å². The van der Waals surface area contributed by atoms with Crippen LogP contribution in [0.5, 0.6) is 11.5 Å². The molecule has 98 valence electrons. The van der Waals surface area contributed by atoms with Crippen molar-refractivity contribution in [1.82, 2.24) is 5.32 Å². The number of methoxy groups -OCH3 is 1. The highest BCUT2D eigenvalue weighted by Crippen LogP contribution is 2.30. The predicted octanol–water partition coefficient (Wildman–Crippen LogP) is 2.32. The summed E-state index contributed by atoms with van der Waals surface area (Å²) in [5.74, 6) is 0.871. The second-order valence-electron chi connectivity index (χ2n) is 4.84. The minimum Gasteiger partial charge on any atom is -0.507 e. The van der Waals surface area contributed by atoms with Gasteiger partial charge in [0.05, 0.1) is 12.7 Å². The molecule has 4 heteroatoms. The zero-order valence-electron chi connectivity index (χ0n) is 10.8. The first-order chi connectivity index (χ1) is 8.61. The van der Waals surface area contributed by atoms with Gasteiger partial charge in [-0.25, -0.2) is 0 Å². The normalized spacial score (nSPS) is 16.8. The summed E-state index contributed by atoms with van der Waals surface area (Å²) in [5, 5.41) is 12.6. The van der Waals surface area contributed by atoms with Gasteiger partial charge < -0.3 is 15.2 Å². The SMILES string of the molecule is COc1ccc(O)c(C(=O)NC(C)C2CCC2)c1. The van der Waals surface area contributed by atoms with Crippen LogP contribution in [0.1, 0.15) is 36.5 Å². The van der Waals surface area contributed by atoms with Crippen LogP contribution in [-0.4, -0.2) is 24.2 Å². The van der Waals surface area contributed by atoms with Gasteiger partial charge in [0.1, 0.15) is 11.5 Å². The van der Waals surface area contributed by atoms with Gasteiger partial charge in [-0.2, -0.15) is 0 Å². The van der Waals surface area contributed by atoms with Crippen molar-refractivity contribution in [3.63, 3.8) is 0 Å². The Morgan fingerprint density at radius 2 is 2.22 bits per heavy atom. The maximum absolute atomic E-state index is 12.1. The lowest BCUT2D eigenvalue weighted by Crippen LogP contribution is -2.40. The Morgan fingerprint density at radius 3 is 2.78 bits per heavy atom. The maximum Gasteiger partial charge on any atom is 0.255 e. The number of benzene rings is 1. The Balaban J connectivity index is 2.07. The fourth-order valence-electron chi connectivity index (χ4n) is 2.17. The standard InChI is InChI=1S/C14H19NO3/c1-9(10-4-3-5-10)15-14(17)12-8-11(18-2)6-7-13(12)16/h6-10,16H,3-5H2,1-2H3,(H,15,17). The van der Waals surface area contributed by atoms with Crippen molar-refractivity contribution in [1.29, 1.82) is 0 Å². The summed E-state index contributed by atoms with van der Waals surface area (Å²) in [7, 11) is 1.53. The lowest BCUT2D eigenvalue weighted by Gasteiger charge is -2.31. The lowest BCUT2D eigenvalue weighted by atomic mass is 9.80. The van der Waals surface area contributed by atoms with Crippen LogP contribution < -0.4 is 10.1 Å². The first kappa shape index (κ1) is 12.7. The molecule has 4 nitrogen and oxygen atoms in total. The van der Waals surface area contributed by atoms with Crippen molar-refractivity contribution < 1.29 is 14.6 Å². The Labute approximate surface area is 107 Å². The molecule has 2 N–H and O–H groups in total. The highest BCUT2D eigenvalue weighted by Gasteiger charge is 2.26. The number of nitrogens with one attached hydrogen (secondary N) is 1. The molecule has 18 heavy (non-hydrogen) atoms. The molecule has 1 fully saturated rings. The van der Waals surface area contributed by atoms with E-state index in [1.807, 2.05) is 6.92 Å². The van der Waals surface area contributed by atoms with E-state index >= 15 is 0 Å². The van der Waals surface area contributed by atoms with Crippen LogP contribution in [0.25, 0.3) is 0 Å². The smallest absolute Gasteiger partial charge is 0.255 e. The molecule has 1 aromatic rings. The summed E-state index contributed by atoms with van der Waals surface area (Å²) in [6, 6.07) is 4.80. The third-order valence-corrected chi connectivity index (χ3v) is 3.66. The zero-order chi connectivity index (χ0) is 13.1. The number of carbonyl (C=O) groups is 1. The van der Waals surface area contributed by atoms with Gasteiger partial charge in [-0.15, -0.1) is 0 Å². The van der Waals surface area contributed by atoms with Gasteiger partial charge in [-0.1, -0.05) is 6.42 Å². The van der Waals surface area contributed by atoms with Crippen molar-refractivity contribution in [3.05, 3.63) is 23.8 Å². The monoisotopic (exact) mass is 249 g/mol. The minimum atomic E-state index is -0.245. The van der Waals surface area contributed by atoms with Gasteiger partial charge in [-0.05, 0) is 43.9 Å². The molecule has 0 bridgehead atoms. The quantitative estimate of drug-likeness (QED) is 0.861. The molecule has 1 atom stereocenters. The van der Waals surface area contributed by atoms with Gasteiger partial charge in [0.2, 0.25) is 0 Å². The molecule has 1 aromatic carbocycles. The summed E-state index contributed by atoms with van der Waals surface area (Å²) >= 11 is 0. The van der Waals surface area contributed by atoms with E-state index in [1.54, 1.807) is 12.1 Å². The van der Waals surface area contributed by atoms with Crippen molar-refractivity contribution >= 4 is 5.91 Å². The fraction of sp³-hybridized carbons (Fsp3) is 0.500. The Kier molecular flexibility index (Phi) is 3.75. The third-order valence-electron chi connectivity index (χ3n) is 3.66. The molecule has 0 heterocycles. The van der Waals surface area contributed by atoms with Crippen molar-refractivity contribution in [2.24, 2.45) is 5.92 Å². The topological polar surface area (TPSA) is 58.6 Å². The molecule has 1 aliphatic rings. The van der Waals surface area contributed by atoms with E-state index in [1.165, 1.54) is 32.4 Å². The first-order valence-electron chi connectivity index (χ1n) is 6.29. The zero-order valence-corrected chi connectivity index (χ0v) is 10.8. The number of carbonyl (C=O) groups excluding carboxylic acids is 1. The molecule has 0 radical (unpaired) electrons. The fourth-order valence-corrected chi connectivity index (χ4v) is 2.17. The largest absolute Gasteiger partial charge is 0.507 e. The number of hydrogen-bond acceptors (Lipinski definition) is 3. The number of aromatic hydroxyl groups is 1. The summed E-state index contributed by atoms with van der Waals surface area (Å²) < 4.78 is 5.05. The van der Waals surface area contributed by atoms with Crippen LogP contribution in [0.2, 0.25) is 0 Å². The van der Waals surface area contributed by atoms with Gasteiger partial charge in [-0.3, -0.25) is 4.79 Å². The Bertz CT molecular complexity index is 441. The average Bonchev–Trinajstić information content (AvgIpc) is 2.27. The van der Waals surface area contributed by atoms with E-state index < -0.39 is 0 Å². The minimum absolute atomic E-state index is 0.0193. The van der Waals surface area contributed by atoms with E-state index in [0.717, 1.165) is 0 Å². The molecular formula is C14H19NO3. The number of hydrogen-bond donors (Lipinski definition) is 2. The summed E-state index contributed by atoms with van der Waals surface area (Å²) in [5.41, 5.74) is 0.264. The molecule has 1 unspecified atom stereocenters. The second-order valence-corrected chi connectivity index (χ2v) is 4.84. The number of amides is 1. The van der Waals surface area contributed by atoms with Crippen molar-refractivity contribution in [2.45, 2.75) is 32.2 Å². The molecule has 0 aromatic heterocycles. The number of ether oxygens (including phenoxy) is 1. The van der Waals surface area contributed by atoms with Crippen molar-refractivity contribution in [2.75, 3.05) is 7.11 Å². The van der Waals surface area contributed by atoms with Gasteiger partial charge in [0.15, 0.2) is 0 Å². The lowest BCUT2D eigenvalue weighted by molar-refractivity contribution is 0.0906. The summed E-state index contributed by atoms with van der Waals surface area (Å²) in [6.07, 6.45) is 3.59. The van der Waals surface area contributed by atoms with E-state index in [2.05, 4.69) is 5.32 Å². The number of phenols is 1. The highest BCUT2D eigenvalue weighted by molar-refractivity contribution is 5.97. The summed E-state index contributed by atoms with van der Waals surface area (Å²) in [4.78, 5) is 12.1. The highest BCUT2D eigenvalue weighted by atomic mass is 16.5. The van der Waals surface area contributed by atoms with Gasteiger partial charge in [0, 0.05) is 6.04 Å². The Hall–Kier alpha value is -1.71. The van der Waals surface area contributed by atoms with Crippen molar-refractivity contribution in [3.8, 4) is 11.5 Å². The molecule has 0 saturated heterocycles. The number of rotatable bonds is 4. The van der Waals surface area contributed by atoms with Gasteiger partial charge >= 0.3 is 0 Å². The maximum atomic E-state index is 12.1. The van der Waals surface area contributed by atoms with E-state index in [9.17, 15) is 9.90 Å². The third kappa shape index (κ3) is 2.58. The summed E-state index contributed by atoms with van der Waals surface area (Å²) in [6.45, 7) is 2.01. The van der Waals surface area contributed by atoms with E-state index in [0.29, 0.717) is 11.7 Å². The van der Waals surface area contributed by atoms with Crippen LogP contribution in [0.4, 0.5) is 0 Å². The molecule has 1 aliphatic carbocycles. The van der Waals surface area contributed by atoms with Crippen LogP contribution in [0, 0.1) is 5.92 Å². The van der Waals surface area contributed by atoms with Crippen LogP contribution in [0.15, 0.2) is 18.2 Å². The molecule has 1 amide bonds. The molecule has 0 spiro atoms. The molecule has 2 rings (SSSR count). The predicted molar refractivity (Wildman–Crippen MR) is 68.9 cm³/mol. The average molecular weight is 249 g/mol. The van der Waals surface area contributed by atoms with E-state index in [4.69, 9.17) is 4.74 Å². The van der Waals surface area contributed by atoms with Crippen LogP contribution in [0.3, 0.4) is 0 Å². The molecular weight excluding hydrogens is 230 g/mol. The Morgan fingerprint density at radius 1 is 1.50 bits per heavy atom. The van der Waals surface area contributed by atoms with Gasteiger partial charge in [0.25, 0.3) is 5.91 Å². The second kappa shape index (κ2) is 5.29. The molecule has 1 saturated carbocycles.